The van der Waals surface area contributed by atoms with Crippen LogP contribution in [0.1, 0.15) is 23.7 Å². The van der Waals surface area contributed by atoms with Crippen molar-refractivity contribution in [2.75, 3.05) is 5.32 Å². The number of amides is 1. The van der Waals surface area contributed by atoms with E-state index in [4.69, 9.17) is 10.5 Å². The topological polar surface area (TPSA) is 128 Å². The smallest absolute Gasteiger partial charge is 0.378 e. The van der Waals surface area contributed by atoms with Crippen LogP contribution in [0.2, 0.25) is 0 Å². The lowest BCUT2D eigenvalue weighted by Gasteiger charge is -2.22. The first kappa shape index (κ1) is 18.9. The van der Waals surface area contributed by atoms with E-state index in [0.717, 1.165) is 17.8 Å². The Bertz CT molecular complexity index is 921. The van der Waals surface area contributed by atoms with Gasteiger partial charge in [-0.1, -0.05) is 0 Å². The highest BCUT2D eigenvalue weighted by Crippen LogP contribution is 2.32. The van der Waals surface area contributed by atoms with Crippen LogP contribution in [0, 0.1) is 22.7 Å². The van der Waals surface area contributed by atoms with Gasteiger partial charge in [0.1, 0.15) is 12.1 Å². The Morgan fingerprint density at radius 1 is 1.35 bits per heavy atom. The van der Waals surface area contributed by atoms with Gasteiger partial charge in [-0.05, 0) is 13.0 Å². The largest absolute Gasteiger partial charge is 0.419 e. The number of carbonyl (C=O) groups excluding carboxylic acids is 1. The van der Waals surface area contributed by atoms with Crippen molar-refractivity contribution in [1.82, 2.24) is 14.8 Å². The van der Waals surface area contributed by atoms with Crippen molar-refractivity contribution in [2.24, 2.45) is 0 Å². The molecule has 2 aromatic rings. The summed E-state index contributed by atoms with van der Waals surface area (Å²) in [6.07, 6.45) is -1.42. The lowest BCUT2D eigenvalue weighted by atomic mass is 10.1. The Labute approximate surface area is 145 Å². The fourth-order valence-electron chi connectivity index (χ4n) is 2.00. The predicted molar refractivity (Wildman–Crippen MR) is 80.1 cm³/mol. The van der Waals surface area contributed by atoms with E-state index in [1.807, 2.05) is 6.07 Å². The highest BCUT2D eigenvalue weighted by molar-refractivity contribution is 5.96. The van der Waals surface area contributed by atoms with Gasteiger partial charge >= 0.3 is 6.18 Å². The second-order valence-corrected chi connectivity index (χ2v) is 5.50. The summed E-state index contributed by atoms with van der Waals surface area (Å²) in [7, 11) is 0. The monoisotopic (exact) mass is 364 g/mol. The third-order valence-electron chi connectivity index (χ3n) is 3.28. The average molecular weight is 364 g/mol. The van der Waals surface area contributed by atoms with Gasteiger partial charge in [0.15, 0.2) is 11.3 Å². The number of pyridine rings is 1. The number of aromatic nitrogens is 3. The summed E-state index contributed by atoms with van der Waals surface area (Å²) < 4.78 is 39.9. The number of halogens is 3. The molecule has 2 rings (SSSR count). The fraction of sp³-hybridized carbons (Fsp3) is 0.267. The van der Waals surface area contributed by atoms with Crippen molar-refractivity contribution in [3.8, 4) is 12.1 Å². The maximum atomic E-state index is 12.9. The van der Waals surface area contributed by atoms with Gasteiger partial charge in [-0.15, -0.1) is 0 Å². The number of aliphatic hydroxyl groups is 1. The summed E-state index contributed by atoms with van der Waals surface area (Å²) in [5.74, 6) is -1.01. The Hall–Kier alpha value is -3.44. The van der Waals surface area contributed by atoms with Gasteiger partial charge in [0.05, 0.1) is 35.8 Å². The maximum Gasteiger partial charge on any atom is 0.419 e. The molecule has 0 saturated carbocycles. The quantitative estimate of drug-likeness (QED) is 0.845. The normalized spacial score (nSPS) is 13.3. The van der Waals surface area contributed by atoms with E-state index >= 15 is 0 Å². The minimum Gasteiger partial charge on any atom is -0.378 e. The second-order valence-electron chi connectivity index (χ2n) is 5.50. The molecule has 11 heteroatoms. The summed E-state index contributed by atoms with van der Waals surface area (Å²) >= 11 is 0. The van der Waals surface area contributed by atoms with Crippen LogP contribution in [-0.4, -0.2) is 31.4 Å². The molecule has 2 heterocycles. The molecule has 1 atom stereocenters. The van der Waals surface area contributed by atoms with Crippen LogP contribution in [0.3, 0.4) is 0 Å². The first-order valence-electron chi connectivity index (χ1n) is 7.00. The molecule has 0 unspecified atom stereocenters. The molecule has 0 aliphatic carbocycles. The highest BCUT2D eigenvalue weighted by atomic mass is 19.4. The molecule has 0 bridgehead atoms. The van der Waals surface area contributed by atoms with E-state index in [-0.39, 0.29) is 17.8 Å². The van der Waals surface area contributed by atoms with Crippen molar-refractivity contribution < 1.29 is 23.1 Å². The molecule has 0 aliphatic heterocycles. The van der Waals surface area contributed by atoms with Crippen LogP contribution < -0.4 is 5.32 Å². The number of hydrogen-bond acceptors (Lipinski definition) is 6. The highest BCUT2D eigenvalue weighted by Gasteiger charge is 2.36. The molecule has 0 spiro atoms. The summed E-state index contributed by atoms with van der Waals surface area (Å²) in [4.78, 5) is 15.6. The molecular weight excluding hydrogens is 353 g/mol. The zero-order chi connectivity index (χ0) is 19.5. The Kier molecular flexibility index (Phi) is 4.95. The molecule has 0 saturated heterocycles. The Balaban J connectivity index is 2.20. The number of nitrogens with one attached hydrogen (secondary N) is 1. The van der Waals surface area contributed by atoms with E-state index in [0.29, 0.717) is 6.07 Å². The van der Waals surface area contributed by atoms with Crippen molar-refractivity contribution >= 4 is 11.6 Å². The summed E-state index contributed by atoms with van der Waals surface area (Å²) in [5, 5.41) is 33.6. The van der Waals surface area contributed by atoms with Crippen molar-refractivity contribution in [3.63, 3.8) is 0 Å². The third-order valence-corrected chi connectivity index (χ3v) is 3.28. The molecule has 1 amide bonds. The molecule has 26 heavy (non-hydrogen) atoms. The molecule has 0 aliphatic rings. The summed E-state index contributed by atoms with van der Waals surface area (Å²) in [5.41, 5.74) is -4.29. The average Bonchev–Trinajstić information content (AvgIpc) is 3.00. The molecule has 134 valence electrons. The van der Waals surface area contributed by atoms with Gasteiger partial charge < -0.3 is 10.4 Å². The molecule has 2 aromatic heterocycles. The number of nitrogens with zero attached hydrogens (tertiary/aromatic N) is 5. The zero-order valence-electron chi connectivity index (χ0n) is 13.2. The molecule has 8 nitrogen and oxygen atoms in total. The van der Waals surface area contributed by atoms with Crippen molar-refractivity contribution in [1.29, 1.82) is 10.5 Å². The van der Waals surface area contributed by atoms with Crippen LogP contribution in [0.4, 0.5) is 18.9 Å². The molecule has 2 N–H and O–H groups in total. The minimum atomic E-state index is -4.83. The van der Waals surface area contributed by atoms with E-state index in [1.54, 1.807) is 0 Å². The van der Waals surface area contributed by atoms with E-state index in [2.05, 4.69) is 15.4 Å². The summed E-state index contributed by atoms with van der Waals surface area (Å²) in [6, 6.07) is 3.71. The van der Waals surface area contributed by atoms with Gasteiger partial charge in [0.2, 0.25) is 0 Å². The van der Waals surface area contributed by atoms with Gasteiger partial charge in [-0.25, -0.2) is 4.98 Å². The SMILES string of the molecule is C[C@](O)(Cn1cc(C#N)cn1)C(=O)Nc1cnc(C#N)c(C(F)(F)F)c1. The van der Waals surface area contributed by atoms with Crippen LogP contribution in [0.25, 0.3) is 0 Å². The standard InChI is InChI=1S/C15H11F3N6O2/c1-14(26,8-24-7-9(3-19)5-22-24)13(25)23-10-2-11(15(16,17)18)12(4-20)21-6-10/h2,5-7,26H,8H2,1H3,(H,23,25)/t14-/m0/s1. The zero-order valence-corrected chi connectivity index (χ0v) is 13.2. The van der Waals surface area contributed by atoms with Gasteiger partial charge in [-0.2, -0.15) is 28.8 Å². The first-order chi connectivity index (χ1) is 12.1. The predicted octanol–water partition coefficient (Wildman–Crippen LogP) is 1.43. The number of anilines is 1. The lowest BCUT2D eigenvalue weighted by molar-refractivity contribution is -0.138. The number of nitriles is 2. The molecule has 0 fully saturated rings. The first-order valence-corrected chi connectivity index (χ1v) is 7.00. The number of hydrogen-bond donors (Lipinski definition) is 2. The second kappa shape index (κ2) is 6.82. The van der Waals surface area contributed by atoms with Crippen LogP contribution in [-0.2, 0) is 17.5 Å². The van der Waals surface area contributed by atoms with Crippen molar-refractivity contribution in [2.45, 2.75) is 25.2 Å². The van der Waals surface area contributed by atoms with Gasteiger partial charge in [0, 0.05) is 6.20 Å². The summed E-state index contributed by atoms with van der Waals surface area (Å²) in [6.45, 7) is 0.800. The molecule has 0 aromatic carbocycles. The molecule has 0 radical (unpaired) electrons. The van der Waals surface area contributed by atoms with E-state index in [1.165, 1.54) is 18.5 Å². The Morgan fingerprint density at radius 2 is 2.04 bits per heavy atom. The minimum absolute atomic E-state index is 0.215. The van der Waals surface area contributed by atoms with Crippen LogP contribution in [0.5, 0.6) is 0 Å². The van der Waals surface area contributed by atoms with Gasteiger partial charge in [0.25, 0.3) is 5.91 Å². The number of alkyl halides is 3. The van der Waals surface area contributed by atoms with E-state index in [9.17, 15) is 23.1 Å². The van der Waals surface area contributed by atoms with Crippen LogP contribution in [0.15, 0.2) is 24.7 Å². The van der Waals surface area contributed by atoms with Gasteiger partial charge in [-0.3, -0.25) is 9.48 Å². The lowest BCUT2D eigenvalue weighted by Crippen LogP contribution is -2.43. The van der Waals surface area contributed by atoms with Crippen molar-refractivity contribution in [3.05, 3.63) is 41.5 Å². The molecular formula is C15H11F3N6O2. The third kappa shape index (κ3) is 4.15. The number of carbonyl (C=O) groups is 1. The van der Waals surface area contributed by atoms with Crippen LogP contribution >= 0.6 is 0 Å². The fourth-order valence-corrected chi connectivity index (χ4v) is 2.00. The Morgan fingerprint density at radius 3 is 2.58 bits per heavy atom. The van der Waals surface area contributed by atoms with E-state index < -0.39 is 28.9 Å². The maximum absolute atomic E-state index is 12.9. The number of rotatable bonds is 4.